The van der Waals surface area contributed by atoms with Gasteiger partial charge in [-0.2, -0.15) is 0 Å². The van der Waals surface area contributed by atoms with Crippen LogP contribution >= 0.6 is 0 Å². The summed E-state index contributed by atoms with van der Waals surface area (Å²) >= 11 is 0. The number of hydrogen-bond acceptors (Lipinski definition) is 2. The number of imidazole rings is 1. The Bertz CT molecular complexity index is 595. The fourth-order valence-corrected chi connectivity index (χ4v) is 2.12. The van der Waals surface area contributed by atoms with Crippen LogP contribution < -0.4 is 5.32 Å². The molecule has 2 aromatic rings. The summed E-state index contributed by atoms with van der Waals surface area (Å²) in [5.74, 6) is -3.03. The van der Waals surface area contributed by atoms with Gasteiger partial charge in [0.15, 0.2) is 17.5 Å². The molecule has 0 amide bonds. The van der Waals surface area contributed by atoms with Crippen molar-refractivity contribution in [3.8, 4) is 0 Å². The molecule has 0 fully saturated rings. The van der Waals surface area contributed by atoms with Crippen LogP contribution in [-0.4, -0.2) is 16.1 Å². The van der Waals surface area contributed by atoms with Crippen molar-refractivity contribution in [3.63, 3.8) is 0 Å². The van der Waals surface area contributed by atoms with Gasteiger partial charge >= 0.3 is 0 Å². The van der Waals surface area contributed by atoms with Gasteiger partial charge in [0.25, 0.3) is 0 Å². The second-order valence-electron chi connectivity index (χ2n) is 4.53. The van der Waals surface area contributed by atoms with Crippen molar-refractivity contribution in [2.24, 2.45) is 7.05 Å². The molecule has 0 radical (unpaired) electrons. The third kappa shape index (κ3) is 2.85. The smallest absolute Gasteiger partial charge is 0.194 e. The first-order valence-electron chi connectivity index (χ1n) is 6.37. The molecule has 6 heteroatoms. The van der Waals surface area contributed by atoms with E-state index in [2.05, 4.69) is 10.3 Å². The van der Waals surface area contributed by atoms with Crippen LogP contribution in [0.2, 0.25) is 0 Å². The first kappa shape index (κ1) is 14.6. The van der Waals surface area contributed by atoms with E-state index in [1.165, 1.54) is 6.07 Å². The van der Waals surface area contributed by atoms with Gasteiger partial charge in [-0.3, -0.25) is 0 Å². The molecule has 1 atom stereocenters. The van der Waals surface area contributed by atoms with E-state index < -0.39 is 23.5 Å². The molecule has 1 N–H and O–H groups in total. The Kier molecular flexibility index (Phi) is 4.44. The number of rotatable bonds is 5. The number of nitrogens with zero attached hydrogens (tertiary/aromatic N) is 2. The zero-order valence-electron chi connectivity index (χ0n) is 11.3. The Morgan fingerprint density at radius 1 is 1.25 bits per heavy atom. The number of aromatic nitrogens is 2. The van der Waals surface area contributed by atoms with Gasteiger partial charge in [0.05, 0.1) is 0 Å². The second kappa shape index (κ2) is 6.09. The van der Waals surface area contributed by atoms with E-state index in [1.54, 1.807) is 12.4 Å². The summed E-state index contributed by atoms with van der Waals surface area (Å²) in [5, 5.41) is 3.07. The van der Waals surface area contributed by atoms with E-state index in [4.69, 9.17) is 0 Å². The third-order valence-corrected chi connectivity index (χ3v) is 3.20. The molecule has 2 rings (SSSR count). The van der Waals surface area contributed by atoms with Crippen LogP contribution in [0.25, 0.3) is 0 Å². The predicted molar refractivity (Wildman–Crippen MR) is 69.6 cm³/mol. The van der Waals surface area contributed by atoms with Gasteiger partial charge in [-0.25, -0.2) is 18.2 Å². The van der Waals surface area contributed by atoms with Crippen molar-refractivity contribution in [3.05, 3.63) is 53.4 Å². The standard InChI is InChI=1S/C14H16F3N3/c1-3-18-11(8-12-19-6-7-20(12)2)9-4-5-10(15)14(17)13(9)16/h4-7,11,18H,3,8H2,1-2H3. The summed E-state index contributed by atoms with van der Waals surface area (Å²) in [4.78, 5) is 4.17. The van der Waals surface area contributed by atoms with Gasteiger partial charge in [-0.1, -0.05) is 13.0 Å². The topological polar surface area (TPSA) is 29.9 Å². The number of aryl methyl sites for hydroxylation is 1. The maximum Gasteiger partial charge on any atom is 0.194 e. The van der Waals surface area contributed by atoms with E-state index in [1.807, 2.05) is 18.5 Å². The summed E-state index contributed by atoms with van der Waals surface area (Å²) in [6.45, 7) is 2.44. The molecule has 0 spiro atoms. The van der Waals surface area contributed by atoms with E-state index in [-0.39, 0.29) is 5.56 Å². The molecule has 0 saturated heterocycles. The van der Waals surface area contributed by atoms with Gasteiger partial charge in [0.1, 0.15) is 5.82 Å². The summed E-state index contributed by atoms with van der Waals surface area (Å²) in [6, 6.07) is 1.75. The molecule has 1 unspecified atom stereocenters. The highest BCUT2D eigenvalue weighted by molar-refractivity contribution is 5.24. The monoisotopic (exact) mass is 283 g/mol. The lowest BCUT2D eigenvalue weighted by atomic mass is 10.0. The van der Waals surface area contributed by atoms with Crippen LogP contribution in [0.3, 0.4) is 0 Å². The predicted octanol–water partition coefficient (Wildman–Crippen LogP) is 2.73. The van der Waals surface area contributed by atoms with Crippen molar-refractivity contribution in [2.75, 3.05) is 6.54 Å². The Morgan fingerprint density at radius 2 is 2.00 bits per heavy atom. The van der Waals surface area contributed by atoms with E-state index in [0.717, 1.165) is 11.9 Å². The van der Waals surface area contributed by atoms with Crippen molar-refractivity contribution >= 4 is 0 Å². The lowest BCUT2D eigenvalue weighted by Gasteiger charge is -2.19. The molecule has 0 bridgehead atoms. The molecular formula is C14H16F3N3. The molecule has 0 aliphatic heterocycles. The minimum absolute atomic E-state index is 0.105. The molecule has 0 saturated carbocycles. The van der Waals surface area contributed by atoms with Crippen LogP contribution in [0.15, 0.2) is 24.5 Å². The molecular weight excluding hydrogens is 267 g/mol. The van der Waals surface area contributed by atoms with E-state index in [9.17, 15) is 13.2 Å². The average Bonchev–Trinajstić information content (AvgIpc) is 2.82. The van der Waals surface area contributed by atoms with Gasteiger partial charge in [-0.05, 0) is 12.6 Å². The highest BCUT2D eigenvalue weighted by Crippen LogP contribution is 2.24. The first-order chi connectivity index (χ1) is 9.54. The quantitative estimate of drug-likeness (QED) is 0.855. The average molecular weight is 283 g/mol. The van der Waals surface area contributed by atoms with E-state index >= 15 is 0 Å². The van der Waals surface area contributed by atoms with Crippen LogP contribution in [0.1, 0.15) is 24.4 Å². The largest absolute Gasteiger partial charge is 0.338 e. The second-order valence-corrected chi connectivity index (χ2v) is 4.53. The summed E-state index contributed by atoms with van der Waals surface area (Å²) < 4.78 is 42.0. The maximum atomic E-state index is 13.9. The fourth-order valence-electron chi connectivity index (χ4n) is 2.12. The third-order valence-electron chi connectivity index (χ3n) is 3.20. The Morgan fingerprint density at radius 3 is 2.60 bits per heavy atom. The molecule has 1 heterocycles. The van der Waals surface area contributed by atoms with Gasteiger partial charge < -0.3 is 9.88 Å². The summed E-state index contributed by atoms with van der Waals surface area (Å²) in [5.41, 5.74) is 0.105. The fraction of sp³-hybridized carbons (Fsp3) is 0.357. The molecule has 0 aliphatic rings. The number of likely N-dealkylation sites (N-methyl/N-ethyl adjacent to an activating group) is 1. The van der Waals surface area contributed by atoms with Crippen LogP contribution in [0.5, 0.6) is 0 Å². The van der Waals surface area contributed by atoms with E-state index in [0.29, 0.717) is 13.0 Å². The lowest BCUT2D eigenvalue weighted by Crippen LogP contribution is -2.25. The number of benzene rings is 1. The Hall–Kier alpha value is -1.82. The highest BCUT2D eigenvalue weighted by Gasteiger charge is 2.21. The van der Waals surface area contributed by atoms with Crippen molar-refractivity contribution in [1.29, 1.82) is 0 Å². The minimum Gasteiger partial charge on any atom is -0.338 e. The number of hydrogen-bond donors (Lipinski definition) is 1. The van der Waals surface area contributed by atoms with Crippen molar-refractivity contribution in [2.45, 2.75) is 19.4 Å². The summed E-state index contributed by atoms with van der Waals surface area (Å²) in [7, 11) is 1.83. The van der Waals surface area contributed by atoms with Crippen LogP contribution in [0.4, 0.5) is 13.2 Å². The minimum atomic E-state index is -1.44. The molecule has 0 aliphatic carbocycles. The molecule has 20 heavy (non-hydrogen) atoms. The Balaban J connectivity index is 2.34. The first-order valence-corrected chi connectivity index (χ1v) is 6.37. The van der Waals surface area contributed by atoms with Gasteiger partial charge in [0.2, 0.25) is 0 Å². The van der Waals surface area contributed by atoms with Crippen LogP contribution in [-0.2, 0) is 13.5 Å². The molecule has 108 valence electrons. The van der Waals surface area contributed by atoms with Gasteiger partial charge in [-0.15, -0.1) is 0 Å². The molecule has 1 aromatic carbocycles. The zero-order valence-corrected chi connectivity index (χ0v) is 11.3. The van der Waals surface area contributed by atoms with Crippen LogP contribution in [0, 0.1) is 17.5 Å². The number of halogens is 3. The van der Waals surface area contributed by atoms with Gasteiger partial charge in [0, 0.05) is 37.5 Å². The normalized spacial score (nSPS) is 12.7. The Labute approximate surface area is 115 Å². The van der Waals surface area contributed by atoms with Crippen molar-refractivity contribution in [1.82, 2.24) is 14.9 Å². The lowest BCUT2D eigenvalue weighted by molar-refractivity contribution is 0.422. The molecule has 1 aromatic heterocycles. The molecule has 3 nitrogen and oxygen atoms in total. The highest BCUT2D eigenvalue weighted by atomic mass is 19.2. The maximum absolute atomic E-state index is 13.9. The SMILES string of the molecule is CCNC(Cc1nccn1C)c1ccc(F)c(F)c1F. The summed E-state index contributed by atoms with van der Waals surface area (Å²) in [6.07, 6.45) is 3.80. The zero-order chi connectivity index (χ0) is 14.7. The van der Waals surface area contributed by atoms with Crippen molar-refractivity contribution < 1.29 is 13.2 Å². The number of nitrogens with one attached hydrogen (secondary N) is 1.